The molecule has 2 aromatic rings. The molecule has 0 saturated carbocycles. The Kier molecular flexibility index (Phi) is 12.2. The number of likely N-dealkylation sites (tertiary alicyclic amines) is 1. The van der Waals surface area contributed by atoms with Crippen molar-refractivity contribution in [3.63, 3.8) is 0 Å². The maximum absolute atomic E-state index is 13.4. The minimum absolute atomic E-state index is 0.0925. The summed E-state index contributed by atoms with van der Waals surface area (Å²) in [5.41, 5.74) is -0.460. The van der Waals surface area contributed by atoms with E-state index in [9.17, 15) is 28.7 Å². The summed E-state index contributed by atoms with van der Waals surface area (Å²) in [7, 11) is 1.54. The summed E-state index contributed by atoms with van der Waals surface area (Å²) < 4.78 is 18.7. The lowest BCUT2D eigenvalue weighted by Gasteiger charge is -2.42. The van der Waals surface area contributed by atoms with Crippen LogP contribution < -0.4 is 10.1 Å². The first-order chi connectivity index (χ1) is 20.1. The number of nitrogens with one attached hydrogen (secondary N) is 1. The van der Waals surface area contributed by atoms with Crippen LogP contribution >= 0.6 is 0 Å². The third-order valence-corrected chi connectivity index (χ3v) is 7.01. The molecule has 43 heavy (non-hydrogen) atoms. The lowest BCUT2D eigenvalue weighted by atomic mass is 9.80. The van der Waals surface area contributed by atoms with Gasteiger partial charge in [-0.05, 0) is 48.6 Å². The van der Waals surface area contributed by atoms with E-state index in [1.54, 1.807) is 25.3 Å². The van der Waals surface area contributed by atoms with Crippen molar-refractivity contribution in [1.82, 2.24) is 10.2 Å². The minimum atomic E-state index is -2.74. The molecular weight excluding hydrogens is 567 g/mol. The van der Waals surface area contributed by atoms with Crippen molar-refractivity contribution in [2.75, 3.05) is 20.2 Å². The number of piperidine rings is 1. The highest BCUT2D eigenvalue weighted by Crippen LogP contribution is 2.36. The zero-order valence-electron chi connectivity index (χ0n) is 24.0. The number of hydrogen-bond acceptors (Lipinski definition) is 8. The molecule has 0 spiro atoms. The fourth-order valence-electron chi connectivity index (χ4n) is 4.94. The number of hydrogen-bond donors (Lipinski definition) is 6. The number of aliphatic carboxylic acids is 3. The Morgan fingerprint density at radius 2 is 1.63 bits per heavy atom. The highest BCUT2D eigenvalue weighted by atomic mass is 19.1. The molecule has 0 bridgehead atoms. The number of methoxy groups -OCH3 is 1. The topological polar surface area (TPSA) is 194 Å². The quantitative estimate of drug-likeness (QED) is 0.195. The molecule has 234 valence electrons. The van der Waals surface area contributed by atoms with Crippen LogP contribution in [0.15, 0.2) is 49.1 Å². The van der Waals surface area contributed by atoms with Gasteiger partial charge >= 0.3 is 17.9 Å². The van der Waals surface area contributed by atoms with Crippen LogP contribution in [0.5, 0.6) is 11.5 Å². The predicted octanol–water partition coefficient (Wildman–Crippen LogP) is 2.65. The third kappa shape index (κ3) is 9.79. The van der Waals surface area contributed by atoms with Gasteiger partial charge in [0.1, 0.15) is 5.82 Å². The smallest absolute Gasteiger partial charge is 0.336 e. The number of ether oxygens (including phenoxy) is 1. The summed E-state index contributed by atoms with van der Waals surface area (Å²) >= 11 is 0. The molecule has 0 aromatic heterocycles. The fraction of sp³-hybridized carbons (Fsp3) is 0.400. The molecule has 6 N–H and O–H groups in total. The number of carbonyl (C=O) groups is 4. The van der Waals surface area contributed by atoms with Crippen LogP contribution in [0.3, 0.4) is 0 Å². The maximum Gasteiger partial charge on any atom is 0.336 e. The van der Waals surface area contributed by atoms with Crippen LogP contribution in [0.1, 0.15) is 49.3 Å². The Hall–Kier alpha value is -4.49. The molecule has 0 radical (unpaired) electrons. The number of carboxylic acid groups (broad SMARTS) is 3. The summed E-state index contributed by atoms with van der Waals surface area (Å²) in [5, 5.41) is 47.2. The Morgan fingerprint density at radius 1 is 1.07 bits per heavy atom. The van der Waals surface area contributed by atoms with Crippen molar-refractivity contribution in [2.24, 2.45) is 0 Å². The van der Waals surface area contributed by atoms with Crippen LogP contribution in [-0.2, 0) is 37.7 Å². The molecule has 1 heterocycles. The van der Waals surface area contributed by atoms with Crippen LogP contribution in [0.25, 0.3) is 0 Å². The molecule has 1 aliphatic heterocycles. The van der Waals surface area contributed by atoms with Crippen LogP contribution in [0.4, 0.5) is 4.39 Å². The van der Waals surface area contributed by atoms with Crippen molar-refractivity contribution in [2.45, 2.75) is 56.7 Å². The Balaban J connectivity index is 0.000000420. The summed E-state index contributed by atoms with van der Waals surface area (Å²) in [4.78, 5) is 44.7. The molecular formula is C30H37FN2O10. The van der Waals surface area contributed by atoms with E-state index in [4.69, 9.17) is 25.2 Å². The number of carboxylic acids is 3. The van der Waals surface area contributed by atoms with Crippen molar-refractivity contribution in [1.29, 1.82) is 0 Å². The number of carbonyl (C=O) groups excluding carboxylic acids is 1. The molecule has 12 nitrogen and oxygen atoms in total. The minimum Gasteiger partial charge on any atom is -0.504 e. The van der Waals surface area contributed by atoms with Crippen molar-refractivity contribution < 1.29 is 53.8 Å². The van der Waals surface area contributed by atoms with Crippen molar-refractivity contribution in [3.05, 3.63) is 71.6 Å². The zero-order chi connectivity index (χ0) is 32.4. The summed E-state index contributed by atoms with van der Waals surface area (Å²) in [5.74, 6) is -4.79. The first-order valence-corrected chi connectivity index (χ1v) is 13.3. The Morgan fingerprint density at radius 3 is 2.07 bits per heavy atom. The van der Waals surface area contributed by atoms with Crippen LogP contribution in [-0.4, -0.2) is 80.0 Å². The van der Waals surface area contributed by atoms with Gasteiger partial charge in [0.15, 0.2) is 17.1 Å². The number of allylic oxidation sites excluding steroid dienone is 1. The maximum atomic E-state index is 13.4. The SMILES string of the molecule is C=CCc1cc(CN2CCC(NC(C)=O)(c3ccc(F)cc3)CC2)cc(OC)c1O.O=C(O)CC(O)(CC(=O)O)C(=O)O. The van der Waals surface area contributed by atoms with Crippen molar-refractivity contribution >= 4 is 23.8 Å². The van der Waals surface area contributed by atoms with Gasteiger partial charge in [0.2, 0.25) is 5.91 Å². The number of phenolic OH excluding ortho intramolecular Hbond substituents is 1. The summed E-state index contributed by atoms with van der Waals surface area (Å²) in [6.45, 7) is 7.53. The van der Waals surface area contributed by atoms with Gasteiger partial charge in [0.25, 0.3) is 0 Å². The zero-order valence-corrected chi connectivity index (χ0v) is 24.0. The standard InChI is InChI=1S/C24H29FN2O3.C6H8O7/c1-4-5-19-14-18(15-22(30-3)23(19)29)16-27-12-10-24(11-13-27,26-17(2)28)20-6-8-21(25)9-7-20;7-3(8)1-6(13,5(11)12)2-4(9)10/h4,6-9,14-15,29H,1,5,10-13,16H2,2-3H3,(H,26,28);13H,1-2H2,(H,7,8)(H,9,10)(H,11,12). The van der Waals surface area contributed by atoms with E-state index in [1.165, 1.54) is 19.1 Å². The fourth-order valence-corrected chi connectivity index (χ4v) is 4.94. The first kappa shape index (κ1) is 34.7. The molecule has 1 amide bonds. The first-order valence-electron chi connectivity index (χ1n) is 13.3. The molecule has 0 unspecified atom stereocenters. The molecule has 0 atom stereocenters. The van der Waals surface area contributed by atoms with E-state index in [1.807, 2.05) is 12.1 Å². The normalized spacial score (nSPS) is 14.5. The van der Waals surface area contributed by atoms with E-state index in [2.05, 4.69) is 16.8 Å². The number of aromatic hydroxyl groups is 1. The molecule has 2 aromatic carbocycles. The number of halogens is 1. The van der Waals surface area contributed by atoms with Crippen molar-refractivity contribution in [3.8, 4) is 11.5 Å². The molecule has 0 aliphatic carbocycles. The van der Waals surface area contributed by atoms with Gasteiger partial charge in [0, 0.05) is 32.1 Å². The van der Waals surface area contributed by atoms with Gasteiger partial charge in [-0.15, -0.1) is 6.58 Å². The number of benzene rings is 2. The second-order valence-electron chi connectivity index (χ2n) is 10.3. The predicted molar refractivity (Wildman–Crippen MR) is 152 cm³/mol. The van der Waals surface area contributed by atoms with Crippen LogP contribution in [0.2, 0.25) is 0 Å². The number of aliphatic hydroxyl groups is 1. The number of amides is 1. The van der Waals surface area contributed by atoms with Crippen LogP contribution in [0, 0.1) is 5.82 Å². The van der Waals surface area contributed by atoms with Gasteiger partial charge in [-0.25, -0.2) is 9.18 Å². The lowest BCUT2D eigenvalue weighted by molar-refractivity contribution is -0.170. The van der Waals surface area contributed by atoms with Gasteiger partial charge in [-0.3, -0.25) is 19.3 Å². The van der Waals surface area contributed by atoms with Gasteiger partial charge in [-0.2, -0.15) is 0 Å². The van der Waals surface area contributed by atoms with Gasteiger partial charge in [-0.1, -0.05) is 24.3 Å². The molecule has 13 heteroatoms. The number of nitrogens with zero attached hydrogens (tertiary/aromatic N) is 1. The number of phenols is 1. The second-order valence-corrected chi connectivity index (χ2v) is 10.3. The molecule has 1 fully saturated rings. The number of rotatable bonds is 12. The van der Waals surface area contributed by atoms with E-state index < -0.39 is 41.9 Å². The highest BCUT2D eigenvalue weighted by Gasteiger charge is 2.41. The molecule has 1 saturated heterocycles. The van der Waals surface area contributed by atoms with E-state index >= 15 is 0 Å². The Labute approximate surface area is 248 Å². The molecule has 1 aliphatic rings. The summed E-state index contributed by atoms with van der Waals surface area (Å²) in [6.07, 6.45) is 1.49. The van der Waals surface area contributed by atoms with Gasteiger partial charge in [0.05, 0.1) is 25.5 Å². The van der Waals surface area contributed by atoms with Gasteiger partial charge < -0.3 is 35.6 Å². The lowest BCUT2D eigenvalue weighted by Crippen LogP contribution is -2.52. The monoisotopic (exact) mass is 604 g/mol. The average molecular weight is 605 g/mol. The largest absolute Gasteiger partial charge is 0.504 e. The highest BCUT2D eigenvalue weighted by molar-refractivity contribution is 5.88. The molecule has 3 rings (SSSR count). The summed E-state index contributed by atoms with van der Waals surface area (Å²) in [6, 6.07) is 10.2. The second kappa shape index (κ2) is 15.1. The van der Waals surface area contributed by atoms with E-state index in [0.717, 1.165) is 42.6 Å². The van der Waals surface area contributed by atoms with E-state index in [-0.39, 0.29) is 17.5 Å². The average Bonchev–Trinajstić information content (AvgIpc) is 2.91. The Bertz CT molecular complexity index is 1300. The van der Waals surface area contributed by atoms with E-state index in [0.29, 0.717) is 18.7 Å². The third-order valence-electron chi connectivity index (χ3n) is 7.01.